The fraction of sp³-hybridized carbons (Fsp3) is 0.684. The summed E-state index contributed by atoms with van der Waals surface area (Å²) in [6.07, 6.45) is 5.33. The molecule has 1 aromatic rings. The molecule has 0 amide bonds. The molecule has 2 saturated carbocycles. The topological polar surface area (TPSA) is 50.7 Å². The number of hydrogen-bond donors (Lipinski definition) is 2. The second kappa shape index (κ2) is 5.12. The van der Waals surface area contributed by atoms with E-state index in [0.29, 0.717) is 17.9 Å². The molecule has 3 aliphatic carbocycles. The summed E-state index contributed by atoms with van der Waals surface area (Å²) in [6, 6.07) is 4.74. The highest BCUT2D eigenvalue weighted by Crippen LogP contribution is 2.56. The van der Waals surface area contributed by atoms with Crippen LogP contribution in [0.4, 0.5) is 0 Å². The summed E-state index contributed by atoms with van der Waals surface area (Å²) in [4.78, 5) is 0. The normalized spacial score (nSPS) is 37.2. The van der Waals surface area contributed by atoms with Gasteiger partial charge in [-0.05, 0) is 62.1 Å². The average molecular weight is 315 g/mol. The smallest absolute Gasteiger partial charge is 0.165 e. The predicted octanol–water partition coefficient (Wildman–Crippen LogP) is 2.24. The molecular weight excluding hydrogens is 290 g/mol. The van der Waals surface area contributed by atoms with Crippen molar-refractivity contribution in [1.82, 2.24) is 5.32 Å². The maximum absolute atomic E-state index is 10.5. The van der Waals surface area contributed by atoms with Gasteiger partial charge in [-0.3, -0.25) is 0 Å². The number of nitrogens with one attached hydrogen (secondary N) is 1. The van der Waals surface area contributed by atoms with E-state index >= 15 is 0 Å². The Morgan fingerprint density at radius 3 is 2.91 bits per heavy atom. The predicted molar refractivity (Wildman–Crippen MR) is 87.1 cm³/mol. The summed E-state index contributed by atoms with van der Waals surface area (Å²) < 4.78 is 11.7. The van der Waals surface area contributed by atoms with E-state index in [9.17, 15) is 5.11 Å². The third-order valence-electron chi connectivity index (χ3n) is 6.37. The maximum atomic E-state index is 10.5. The SMILES string of the molecule is COc1ccc2c3c1OC1C(O)CCC(C(NCC4CC4)C2)C31. The first kappa shape index (κ1) is 14.1. The Labute approximate surface area is 137 Å². The van der Waals surface area contributed by atoms with Crippen LogP contribution in [-0.2, 0) is 6.42 Å². The molecule has 23 heavy (non-hydrogen) atoms. The van der Waals surface area contributed by atoms with Gasteiger partial charge < -0.3 is 19.9 Å². The first-order valence-electron chi connectivity index (χ1n) is 9.04. The Kier molecular flexibility index (Phi) is 3.14. The fourth-order valence-electron chi connectivity index (χ4n) is 5.01. The first-order chi connectivity index (χ1) is 11.3. The highest BCUT2D eigenvalue weighted by atomic mass is 16.5. The minimum atomic E-state index is -0.358. The quantitative estimate of drug-likeness (QED) is 0.895. The van der Waals surface area contributed by atoms with Gasteiger partial charge in [-0.1, -0.05) is 6.07 Å². The highest BCUT2D eigenvalue weighted by Gasteiger charge is 2.53. The van der Waals surface area contributed by atoms with Gasteiger partial charge in [0.1, 0.15) is 6.10 Å². The lowest BCUT2D eigenvalue weighted by molar-refractivity contribution is -0.0190. The highest BCUT2D eigenvalue weighted by molar-refractivity contribution is 5.57. The minimum absolute atomic E-state index is 0.0932. The van der Waals surface area contributed by atoms with Crippen molar-refractivity contribution in [2.24, 2.45) is 11.8 Å². The van der Waals surface area contributed by atoms with Crippen molar-refractivity contribution in [3.63, 3.8) is 0 Å². The van der Waals surface area contributed by atoms with Gasteiger partial charge in [-0.25, -0.2) is 0 Å². The van der Waals surface area contributed by atoms with Crippen LogP contribution >= 0.6 is 0 Å². The summed E-state index contributed by atoms with van der Waals surface area (Å²) in [5.74, 6) is 3.50. The molecule has 0 spiro atoms. The van der Waals surface area contributed by atoms with Crippen LogP contribution in [0.5, 0.6) is 11.5 Å². The number of hydrogen-bond acceptors (Lipinski definition) is 4. The van der Waals surface area contributed by atoms with E-state index in [2.05, 4.69) is 11.4 Å². The van der Waals surface area contributed by atoms with Crippen molar-refractivity contribution in [2.45, 2.75) is 56.3 Å². The van der Waals surface area contributed by atoms with Crippen LogP contribution in [0.1, 0.15) is 42.7 Å². The van der Waals surface area contributed by atoms with Gasteiger partial charge in [0.25, 0.3) is 0 Å². The van der Waals surface area contributed by atoms with Crippen molar-refractivity contribution in [2.75, 3.05) is 13.7 Å². The Hall–Kier alpha value is -1.26. The van der Waals surface area contributed by atoms with Crippen molar-refractivity contribution >= 4 is 0 Å². The average Bonchev–Trinajstić information content (AvgIpc) is 3.31. The maximum Gasteiger partial charge on any atom is 0.165 e. The van der Waals surface area contributed by atoms with Crippen LogP contribution in [0.2, 0.25) is 0 Å². The molecule has 5 rings (SSSR count). The summed E-state index contributed by atoms with van der Waals surface area (Å²) >= 11 is 0. The summed E-state index contributed by atoms with van der Waals surface area (Å²) in [6.45, 7) is 1.15. The molecule has 5 unspecified atom stereocenters. The van der Waals surface area contributed by atoms with E-state index in [0.717, 1.165) is 43.2 Å². The molecule has 0 aromatic heterocycles. The number of rotatable bonds is 4. The van der Waals surface area contributed by atoms with E-state index in [1.165, 1.54) is 24.0 Å². The second-order valence-corrected chi connectivity index (χ2v) is 7.75. The largest absolute Gasteiger partial charge is 0.493 e. The third kappa shape index (κ3) is 2.11. The number of aliphatic hydroxyl groups is 1. The molecule has 2 fully saturated rings. The summed E-state index contributed by atoms with van der Waals surface area (Å²) in [5.41, 5.74) is 2.70. The van der Waals surface area contributed by atoms with Gasteiger partial charge in [-0.15, -0.1) is 0 Å². The van der Waals surface area contributed by atoms with Crippen LogP contribution in [-0.4, -0.2) is 37.0 Å². The number of methoxy groups -OCH3 is 1. The molecule has 0 radical (unpaired) electrons. The third-order valence-corrected chi connectivity index (χ3v) is 6.37. The van der Waals surface area contributed by atoms with Gasteiger partial charge in [0, 0.05) is 17.5 Å². The molecule has 2 N–H and O–H groups in total. The lowest BCUT2D eigenvalue weighted by Crippen LogP contribution is -2.51. The van der Waals surface area contributed by atoms with E-state index in [-0.39, 0.29) is 12.2 Å². The number of ether oxygens (including phenoxy) is 2. The zero-order chi connectivity index (χ0) is 15.6. The van der Waals surface area contributed by atoms with Crippen LogP contribution < -0.4 is 14.8 Å². The van der Waals surface area contributed by atoms with E-state index in [4.69, 9.17) is 9.47 Å². The molecule has 4 nitrogen and oxygen atoms in total. The molecule has 5 atom stereocenters. The first-order valence-corrected chi connectivity index (χ1v) is 9.04. The molecule has 4 heteroatoms. The lowest BCUT2D eigenvalue weighted by Gasteiger charge is -2.44. The Bertz CT molecular complexity index is 627. The molecule has 0 bridgehead atoms. The van der Waals surface area contributed by atoms with Crippen LogP contribution in [0.25, 0.3) is 0 Å². The number of aliphatic hydroxyl groups excluding tert-OH is 1. The molecule has 1 aromatic carbocycles. The van der Waals surface area contributed by atoms with Crippen LogP contribution in [0.3, 0.4) is 0 Å². The molecule has 4 aliphatic rings. The van der Waals surface area contributed by atoms with Gasteiger partial charge in [0.05, 0.1) is 13.2 Å². The fourth-order valence-corrected chi connectivity index (χ4v) is 5.01. The van der Waals surface area contributed by atoms with E-state index in [1.807, 2.05) is 6.07 Å². The van der Waals surface area contributed by atoms with Gasteiger partial charge in [0.15, 0.2) is 11.5 Å². The Morgan fingerprint density at radius 1 is 1.26 bits per heavy atom. The van der Waals surface area contributed by atoms with Crippen molar-refractivity contribution in [3.8, 4) is 11.5 Å². The number of benzene rings is 1. The van der Waals surface area contributed by atoms with Crippen LogP contribution in [0, 0.1) is 11.8 Å². The second-order valence-electron chi connectivity index (χ2n) is 7.75. The van der Waals surface area contributed by atoms with Crippen molar-refractivity contribution in [1.29, 1.82) is 0 Å². The monoisotopic (exact) mass is 315 g/mol. The molecular formula is C19H25NO3. The van der Waals surface area contributed by atoms with E-state index < -0.39 is 0 Å². The molecule has 0 saturated heterocycles. The van der Waals surface area contributed by atoms with Gasteiger partial charge >= 0.3 is 0 Å². The summed E-state index contributed by atoms with van der Waals surface area (Å²) in [5, 5.41) is 14.3. The molecule has 124 valence electrons. The van der Waals surface area contributed by atoms with Gasteiger partial charge in [0.2, 0.25) is 0 Å². The molecule has 1 heterocycles. The lowest BCUT2D eigenvalue weighted by atomic mass is 9.64. The Morgan fingerprint density at radius 2 is 2.13 bits per heavy atom. The molecule has 1 aliphatic heterocycles. The Balaban J connectivity index is 1.53. The van der Waals surface area contributed by atoms with Crippen molar-refractivity contribution < 1.29 is 14.6 Å². The van der Waals surface area contributed by atoms with Crippen molar-refractivity contribution in [3.05, 3.63) is 23.3 Å². The zero-order valence-corrected chi connectivity index (χ0v) is 13.6. The summed E-state index contributed by atoms with van der Waals surface area (Å²) in [7, 11) is 1.69. The van der Waals surface area contributed by atoms with E-state index in [1.54, 1.807) is 7.11 Å². The standard InChI is InChI=1S/C19H25NO3/c1-22-15-7-4-11-8-13(20-9-10-2-3-10)12-5-6-14(21)18-17(12)16(11)19(15)23-18/h4,7,10,12-14,17-18,20-21H,2-3,5-6,8-9H2,1H3. The zero-order valence-electron chi connectivity index (χ0n) is 13.6. The van der Waals surface area contributed by atoms with Gasteiger partial charge in [-0.2, -0.15) is 0 Å². The van der Waals surface area contributed by atoms with Crippen LogP contribution in [0.15, 0.2) is 12.1 Å². The minimum Gasteiger partial charge on any atom is -0.493 e.